The highest BCUT2D eigenvalue weighted by atomic mass is 32.1. The van der Waals surface area contributed by atoms with E-state index in [0.29, 0.717) is 6.54 Å². The Bertz CT molecular complexity index is 215. The Hall–Kier alpha value is -0.150. The third kappa shape index (κ3) is 11.7. The second-order valence-corrected chi connectivity index (χ2v) is 6.03. The van der Waals surface area contributed by atoms with Crippen molar-refractivity contribution in [2.24, 2.45) is 0 Å². The fraction of sp³-hybridized carbons (Fsp3) is 0.882. The van der Waals surface area contributed by atoms with Gasteiger partial charge < -0.3 is 10.0 Å². The molecule has 0 spiro atoms. The highest BCUT2D eigenvalue weighted by Crippen LogP contribution is 2.14. The fourth-order valence-corrected chi connectivity index (χ4v) is 2.71. The maximum atomic E-state index is 9.03. The van der Waals surface area contributed by atoms with Crippen molar-refractivity contribution >= 4 is 12.6 Å². The van der Waals surface area contributed by atoms with Crippen LogP contribution in [0.5, 0.6) is 0 Å². The van der Waals surface area contributed by atoms with Crippen molar-refractivity contribution < 1.29 is 5.11 Å². The summed E-state index contributed by atoms with van der Waals surface area (Å²) in [6.07, 6.45) is 13.3. The molecule has 0 amide bonds. The maximum Gasteiger partial charge on any atom is 0.0606 e. The standard InChI is InChI=1S/C17H35NOS/c1-3-4-5-6-7-8-9-10-11-12-17(2)18(13-15-19)14-16-20/h19-20H,2-16H2,1H3. The minimum atomic E-state index is 0.199. The van der Waals surface area contributed by atoms with Crippen LogP contribution in [0.3, 0.4) is 0 Å². The van der Waals surface area contributed by atoms with Gasteiger partial charge in [0.25, 0.3) is 0 Å². The minimum absolute atomic E-state index is 0.199. The number of thiol groups is 1. The number of aliphatic hydroxyl groups excluding tert-OH is 1. The van der Waals surface area contributed by atoms with Crippen LogP contribution in [0.15, 0.2) is 12.3 Å². The summed E-state index contributed by atoms with van der Waals surface area (Å²) in [4.78, 5) is 2.16. The molecule has 0 saturated carbocycles. The van der Waals surface area contributed by atoms with Crippen molar-refractivity contribution in [3.8, 4) is 0 Å². The first-order valence-corrected chi connectivity index (χ1v) is 9.04. The molecule has 0 fully saturated rings. The van der Waals surface area contributed by atoms with E-state index in [2.05, 4.69) is 31.0 Å². The van der Waals surface area contributed by atoms with Gasteiger partial charge in [0.1, 0.15) is 0 Å². The SMILES string of the molecule is C=C(CCCCCCCCCCC)N(CCO)CCS. The monoisotopic (exact) mass is 301 g/mol. The smallest absolute Gasteiger partial charge is 0.0606 e. The van der Waals surface area contributed by atoms with E-state index in [1.807, 2.05) is 0 Å². The van der Waals surface area contributed by atoms with Gasteiger partial charge in [-0.2, -0.15) is 12.6 Å². The molecular formula is C17H35NOS. The highest BCUT2D eigenvalue weighted by molar-refractivity contribution is 7.80. The van der Waals surface area contributed by atoms with Crippen LogP contribution in [0, 0.1) is 0 Å². The molecule has 1 N–H and O–H groups in total. The van der Waals surface area contributed by atoms with Crippen LogP contribution >= 0.6 is 12.6 Å². The van der Waals surface area contributed by atoms with Crippen molar-refractivity contribution in [1.82, 2.24) is 4.90 Å². The fourth-order valence-electron chi connectivity index (χ4n) is 2.47. The maximum absolute atomic E-state index is 9.03. The lowest BCUT2D eigenvalue weighted by Crippen LogP contribution is -2.27. The predicted octanol–water partition coefficient (Wildman–Crippen LogP) is 4.65. The average Bonchev–Trinajstić information content (AvgIpc) is 2.45. The average molecular weight is 302 g/mol. The molecule has 2 nitrogen and oxygen atoms in total. The predicted molar refractivity (Wildman–Crippen MR) is 93.5 cm³/mol. The van der Waals surface area contributed by atoms with Crippen molar-refractivity contribution in [3.05, 3.63) is 12.3 Å². The lowest BCUT2D eigenvalue weighted by Gasteiger charge is -2.25. The molecule has 0 aromatic heterocycles. The van der Waals surface area contributed by atoms with Crippen LogP contribution in [0.4, 0.5) is 0 Å². The molecule has 0 aromatic rings. The van der Waals surface area contributed by atoms with E-state index in [4.69, 9.17) is 5.11 Å². The molecule has 0 rings (SSSR count). The van der Waals surface area contributed by atoms with Crippen LogP contribution in [0.2, 0.25) is 0 Å². The van der Waals surface area contributed by atoms with E-state index in [9.17, 15) is 0 Å². The van der Waals surface area contributed by atoms with Gasteiger partial charge in [-0.15, -0.1) is 0 Å². The van der Waals surface area contributed by atoms with Crippen LogP contribution in [0.1, 0.15) is 71.1 Å². The Morgan fingerprint density at radius 3 is 2.00 bits per heavy atom. The first-order valence-electron chi connectivity index (χ1n) is 8.40. The quantitative estimate of drug-likeness (QED) is 0.340. The highest BCUT2D eigenvalue weighted by Gasteiger charge is 2.05. The van der Waals surface area contributed by atoms with E-state index < -0.39 is 0 Å². The normalized spacial score (nSPS) is 10.8. The lowest BCUT2D eigenvalue weighted by atomic mass is 10.1. The van der Waals surface area contributed by atoms with Gasteiger partial charge >= 0.3 is 0 Å². The molecule has 0 radical (unpaired) electrons. The second kappa shape index (κ2) is 15.2. The number of allylic oxidation sites excluding steroid dienone is 1. The van der Waals surface area contributed by atoms with Gasteiger partial charge in [0.05, 0.1) is 6.61 Å². The summed E-state index contributed by atoms with van der Waals surface area (Å²) in [5.74, 6) is 0.816. The molecule has 0 aliphatic carbocycles. The van der Waals surface area contributed by atoms with E-state index >= 15 is 0 Å². The van der Waals surface area contributed by atoms with E-state index in [1.54, 1.807) is 0 Å². The van der Waals surface area contributed by atoms with E-state index in [1.165, 1.54) is 57.8 Å². The van der Waals surface area contributed by atoms with Gasteiger partial charge in [0.2, 0.25) is 0 Å². The van der Waals surface area contributed by atoms with Crippen LogP contribution in [-0.2, 0) is 0 Å². The molecular weight excluding hydrogens is 266 g/mol. The van der Waals surface area contributed by atoms with Crippen molar-refractivity contribution in [3.63, 3.8) is 0 Å². The topological polar surface area (TPSA) is 23.5 Å². The zero-order valence-corrected chi connectivity index (χ0v) is 14.3. The number of rotatable bonds is 15. The Kier molecular flexibility index (Phi) is 15.1. The lowest BCUT2D eigenvalue weighted by molar-refractivity contribution is 0.228. The number of hydrogen-bond acceptors (Lipinski definition) is 3. The summed E-state index contributed by atoms with van der Waals surface area (Å²) in [6, 6.07) is 0. The van der Waals surface area contributed by atoms with E-state index in [-0.39, 0.29) is 6.61 Å². The molecule has 0 unspecified atom stereocenters. The molecule has 20 heavy (non-hydrogen) atoms. The van der Waals surface area contributed by atoms with Crippen molar-refractivity contribution in [2.45, 2.75) is 71.1 Å². The van der Waals surface area contributed by atoms with Crippen molar-refractivity contribution in [1.29, 1.82) is 0 Å². The minimum Gasteiger partial charge on any atom is -0.395 e. The Morgan fingerprint density at radius 2 is 1.50 bits per heavy atom. The van der Waals surface area contributed by atoms with Crippen LogP contribution in [-0.4, -0.2) is 35.5 Å². The molecule has 0 aliphatic heterocycles. The van der Waals surface area contributed by atoms with Gasteiger partial charge in [-0.1, -0.05) is 64.9 Å². The first-order chi connectivity index (χ1) is 9.76. The molecule has 0 heterocycles. The van der Waals surface area contributed by atoms with E-state index in [0.717, 1.165) is 24.4 Å². The zero-order valence-electron chi connectivity index (χ0n) is 13.4. The Labute approximate surface area is 132 Å². The van der Waals surface area contributed by atoms with Gasteiger partial charge in [-0.05, 0) is 12.8 Å². The first kappa shape index (κ1) is 19.9. The van der Waals surface area contributed by atoms with Gasteiger partial charge in [0, 0.05) is 24.5 Å². The van der Waals surface area contributed by atoms with Gasteiger partial charge in [0.15, 0.2) is 0 Å². The third-order valence-corrected chi connectivity index (χ3v) is 3.96. The molecule has 0 atom stereocenters. The second-order valence-electron chi connectivity index (χ2n) is 5.58. The number of nitrogens with zero attached hydrogens (tertiary/aromatic N) is 1. The summed E-state index contributed by atoms with van der Waals surface area (Å²) in [5, 5.41) is 9.03. The van der Waals surface area contributed by atoms with Crippen molar-refractivity contribution in [2.75, 3.05) is 25.4 Å². The Balaban J connectivity index is 3.45. The summed E-state index contributed by atoms with van der Waals surface area (Å²) in [5.41, 5.74) is 1.16. The molecule has 0 saturated heterocycles. The number of unbranched alkanes of at least 4 members (excludes halogenated alkanes) is 8. The molecule has 0 aliphatic rings. The van der Waals surface area contributed by atoms with Crippen LogP contribution in [0.25, 0.3) is 0 Å². The Morgan fingerprint density at radius 1 is 0.950 bits per heavy atom. The summed E-state index contributed by atoms with van der Waals surface area (Å²) in [7, 11) is 0. The summed E-state index contributed by atoms with van der Waals surface area (Å²) in [6.45, 7) is 8.18. The van der Waals surface area contributed by atoms with Gasteiger partial charge in [-0.25, -0.2) is 0 Å². The summed E-state index contributed by atoms with van der Waals surface area (Å²) >= 11 is 4.25. The molecule has 0 bridgehead atoms. The third-order valence-electron chi connectivity index (χ3n) is 3.76. The molecule has 0 aromatic carbocycles. The molecule has 120 valence electrons. The van der Waals surface area contributed by atoms with Crippen LogP contribution < -0.4 is 0 Å². The number of aliphatic hydroxyl groups is 1. The largest absolute Gasteiger partial charge is 0.395 e. The zero-order chi connectivity index (χ0) is 15.1. The molecule has 3 heteroatoms. The summed E-state index contributed by atoms with van der Waals surface area (Å²) < 4.78 is 0. The van der Waals surface area contributed by atoms with Gasteiger partial charge in [-0.3, -0.25) is 0 Å². The number of hydrogen-bond donors (Lipinski definition) is 2.